The van der Waals surface area contributed by atoms with E-state index in [-0.39, 0.29) is 11.3 Å². The van der Waals surface area contributed by atoms with Gasteiger partial charge in [0.2, 0.25) is 0 Å². The number of rotatable bonds is 2. The van der Waals surface area contributed by atoms with E-state index in [9.17, 15) is 4.79 Å². The van der Waals surface area contributed by atoms with Crippen molar-refractivity contribution in [2.75, 3.05) is 7.11 Å². The maximum Gasteiger partial charge on any atom is 0.133 e. The lowest BCUT2D eigenvalue weighted by molar-refractivity contribution is -0.124. The first kappa shape index (κ1) is 21.7. The van der Waals surface area contributed by atoms with Gasteiger partial charge in [-0.1, -0.05) is 46.8 Å². The molecule has 1 aromatic carbocycles. The molecular formula is C25H38O2. The first-order valence-corrected chi connectivity index (χ1v) is 10.9. The Morgan fingerprint density at radius 1 is 1.11 bits per heavy atom. The molecule has 2 heteroatoms. The van der Waals surface area contributed by atoms with Gasteiger partial charge in [-0.15, -0.1) is 0 Å². The molecule has 0 bridgehead atoms. The molecule has 1 fully saturated rings. The quantitative estimate of drug-likeness (QED) is 0.577. The van der Waals surface area contributed by atoms with Gasteiger partial charge in [0.15, 0.2) is 0 Å². The van der Waals surface area contributed by atoms with Gasteiger partial charge in [-0.3, -0.25) is 4.79 Å². The molecule has 1 aromatic rings. The van der Waals surface area contributed by atoms with E-state index in [2.05, 4.69) is 31.2 Å². The van der Waals surface area contributed by atoms with E-state index in [0.29, 0.717) is 17.6 Å². The minimum atomic E-state index is 0.184. The number of carbonyl (C=O) groups is 1. The predicted molar refractivity (Wildman–Crippen MR) is 115 cm³/mol. The first-order valence-electron chi connectivity index (χ1n) is 10.9. The molecule has 3 aliphatic carbocycles. The molecule has 3 unspecified atom stereocenters. The summed E-state index contributed by atoms with van der Waals surface area (Å²) in [6, 6.07) is 6.53. The summed E-state index contributed by atoms with van der Waals surface area (Å²) in [5.41, 5.74) is 4.58. The van der Waals surface area contributed by atoms with Gasteiger partial charge < -0.3 is 4.74 Å². The number of hydrogen-bond acceptors (Lipinski definition) is 2. The average Bonchev–Trinajstić information content (AvgIpc) is 3.08. The molecule has 0 N–H and O–H groups in total. The third kappa shape index (κ3) is 3.73. The molecule has 27 heavy (non-hydrogen) atoms. The number of ether oxygens (including phenoxy) is 1. The number of fused-ring (bicyclic) bond motifs is 5. The molecule has 3 aliphatic rings. The van der Waals surface area contributed by atoms with E-state index in [1.165, 1.54) is 24.0 Å². The Kier molecular flexibility index (Phi) is 7.31. The molecule has 0 aliphatic heterocycles. The maximum atomic E-state index is 12.1. The van der Waals surface area contributed by atoms with Gasteiger partial charge in [0, 0.05) is 5.92 Å². The van der Waals surface area contributed by atoms with E-state index < -0.39 is 0 Å². The Balaban J connectivity index is 0.000000614. The number of ketones is 1. The van der Waals surface area contributed by atoms with Crippen molar-refractivity contribution in [3.8, 4) is 5.75 Å². The van der Waals surface area contributed by atoms with Crippen LogP contribution in [-0.4, -0.2) is 12.9 Å². The summed E-state index contributed by atoms with van der Waals surface area (Å²) < 4.78 is 5.39. The number of hydrogen-bond donors (Lipinski definition) is 0. The largest absolute Gasteiger partial charge is 0.497 e. The molecule has 0 heterocycles. The molecule has 0 spiro atoms. The van der Waals surface area contributed by atoms with Crippen LogP contribution in [0.15, 0.2) is 24.3 Å². The second kappa shape index (κ2) is 9.08. The van der Waals surface area contributed by atoms with E-state index in [4.69, 9.17) is 4.74 Å². The molecule has 2 nitrogen and oxygen atoms in total. The number of Topliss-reactive ketones (excluding diaryl/α,β-unsaturated/α-hetero) is 1. The molecule has 1 saturated carbocycles. The van der Waals surface area contributed by atoms with Crippen molar-refractivity contribution in [2.45, 2.75) is 73.6 Å². The van der Waals surface area contributed by atoms with Gasteiger partial charge in [0.05, 0.1) is 7.11 Å². The number of allylic oxidation sites excluding steroid dienone is 2. The van der Waals surface area contributed by atoms with E-state index >= 15 is 0 Å². The highest BCUT2D eigenvalue weighted by Crippen LogP contribution is 2.60. The normalized spacial score (nSPS) is 30.2. The fourth-order valence-electron chi connectivity index (χ4n) is 5.75. The SMILES string of the molecule is CC.CC.COc1ccc2c(c1)CCC1C2=CC[C@]2(C)C(C(C)=O)CCC12. The van der Waals surface area contributed by atoms with Crippen LogP contribution < -0.4 is 4.74 Å². The molecule has 4 rings (SSSR count). The van der Waals surface area contributed by atoms with Gasteiger partial charge in [-0.2, -0.15) is 0 Å². The smallest absolute Gasteiger partial charge is 0.133 e. The predicted octanol–water partition coefficient (Wildman–Crippen LogP) is 6.72. The van der Waals surface area contributed by atoms with Gasteiger partial charge in [0.25, 0.3) is 0 Å². The van der Waals surface area contributed by atoms with Crippen molar-refractivity contribution in [2.24, 2.45) is 23.2 Å². The third-order valence-corrected chi connectivity index (χ3v) is 6.90. The highest BCUT2D eigenvalue weighted by atomic mass is 16.5. The van der Waals surface area contributed by atoms with E-state index in [1.807, 2.05) is 27.7 Å². The van der Waals surface area contributed by atoms with Crippen LogP contribution in [0.4, 0.5) is 0 Å². The lowest BCUT2D eigenvalue weighted by Gasteiger charge is -2.46. The minimum absolute atomic E-state index is 0.184. The standard InChI is InChI=1S/C21H26O2.2C2H6/c1-13(22)19-8-9-20-18-6-4-14-12-15(23-3)5-7-16(14)17(18)10-11-21(19,20)2;2*1-2/h5,7,10,12,18-20H,4,6,8-9,11H2,1-3H3;2*1-2H3/t18?,19?,20?,21-;;/m1../s1. The zero-order valence-electron chi connectivity index (χ0n) is 18.4. The minimum Gasteiger partial charge on any atom is -0.497 e. The Labute approximate surface area is 166 Å². The van der Waals surface area contributed by atoms with E-state index in [0.717, 1.165) is 25.0 Å². The van der Waals surface area contributed by atoms with Crippen LogP contribution in [0.2, 0.25) is 0 Å². The molecule has 0 radical (unpaired) electrons. The molecule has 4 atom stereocenters. The van der Waals surface area contributed by atoms with Crippen molar-refractivity contribution in [1.29, 1.82) is 0 Å². The summed E-state index contributed by atoms with van der Waals surface area (Å²) in [6.45, 7) is 12.2. The zero-order chi connectivity index (χ0) is 20.2. The van der Waals surface area contributed by atoms with Crippen LogP contribution in [0.25, 0.3) is 5.57 Å². The van der Waals surface area contributed by atoms with Crippen LogP contribution >= 0.6 is 0 Å². The molecular weight excluding hydrogens is 332 g/mol. The monoisotopic (exact) mass is 370 g/mol. The summed E-state index contributed by atoms with van der Waals surface area (Å²) in [5, 5.41) is 0. The first-order chi connectivity index (χ1) is 13.0. The number of carbonyl (C=O) groups excluding carboxylic acids is 1. The maximum absolute atomic E-state index is 12.1. The summed E-state index contributed by atoms with van der Waals surface area (Å²) in [4.78, 5) is 12.1. The Hall–Kier alpha value is -1.57. The molecule has 150 valence electrons. The zero-order valence-corrected chi connectivity index (χ0v) is 18.4. The van der Waals surface area contributed by atoms with Crippen LogP contribution in [-0.2, 0) is 11.2 Å². The fourth-order valence-corrected chi connectivity index (χ4v) is 5.75. The lowest BCUT2D eigenvalue weighted by Crippen LogP contribution is -2.39. The van der Waals surface area contributed by atoms with Crippen molar-refractivity contribution in [1.82, 2.24) is 0 Å². The second-order valence-corrected chi connectivity index (χ2v) is 7.88. The number of methoxy groups -OCH3 is 1. The molecule has 0 aromatic heterocycles. The lowest BCUT2D eigenvalue weighted by atomic mass is 9.58. The Bertz CT molecular complexity index is 688. The van der Waals surface area contributed by atoms with Crippen LogP contribution in [0.3, 0.4) is 0 Å². The fraction of sp³-hybridized carbons (Fsp3) is 0.640. The van der Waals surface area contributed by atoms with Gasteiger partial charge in [-0.05, 0) is 85.1 Å². The van der Waals surface area contributed by atoms with Crippen LogP contribution in [0.1, 0.15) is 78.4 Å². The van der Waals surface area contributed by atoms with Crippen molar-refractivity contribution >= 4 is 11.4 Å². The average molecular weight is 371 g/mol. The highest BCUT2D eigenvalue weighted by molar-refractivity contribution is 5.81. The van der Waals surface area contributed by atoms with Crippen LogP contribution in [0, 0.1) is 23.2 Å². The summed E-state index contributed by atoms with van der Waals surface area (Å²) in [5.74, 6) is 2.93. The van der Waals surface area contributed by atoms with Crippen LogP contribution in [0.5, 0.6) is 5.75 Å². The Morgan fingerprint density at radius 2 is 1.81 bits per heavy atom. The number of benzene rings is 1. The third-order valence-electron chi connectivity index (χ3n) is 6.90. The van der Waals surface area contributed by atoms with Crippen molar-refractivity contribution < 1.29 is 9.53 Å². The molecule has 0 saturated heterocycles. The van der Waals surface area contributed by atoms with E-state index in [1.54, 1.807) is 19.6 Å². The highest BCUT2D eigenvalue weighted by Gasteiger charge is 2.53. The van der Waals surface area contributed by atoms with Gasteiger partial charge >= 0.3 is 0 Å². The second-order valence-electron chi connectivity index (χ2n) is 7.88. The Morgan fingerprint density at radius 3 is 2.44 bits per heavy atom. The summed E-state index contributed by atoms with van der Waals surface area (Å²) in [6.07, 6.45) is 8.16. The summed E-state index contributed by atoms with van der Waals surface area (Å²) in [7, 11) is 1.74. The molecule has 0 amide bonds. The van der Waals surface area contributed by atoms with Gasteiger partial charge in [0.1, 0.15) is 11.5 Å². The van der Waals surface area contributed by atoms with Crippen molar-refractivity contribution in [3.05, 3.63) is 35.4 Å². The van der Waals surface area contributed by atoms with Crippen molar-refractivity contribution in [3.63, 3.8) is 0 Å². The number of aryl methyl sites for hydroxylation is 1. The topological polar surface area (TPSA) is 26.3 Å². The summed E-state index contributed by atoms with van der Waals surface area (Å²) >= 11 is 0. The van der Waals surface area contributed by atoms with Gasteiger partial charge in [-0.25, -0.2) is 0 Å².